The normalized spacial score (nSPS) is 10.9. The van der Waals surface area contributed by atoms with E-state index >= 15 is 0 Å². The highest BCUT2D eigenvalue weighted by atomic mass is 35.5. The molecule has 2 rings (SSSR count). The maximum absolute atomic E-state index is 12.7. The van der Waals surface area contributed by atoms with Crippen LogP contribution in [0.2, 0.25) is 0 Å². The van der Waals surface area contributed by atoms with Gasteiger partial charge in [0, 0.05) is 6.54 Å². The number of alkyl halides is 3. The molecule has 0 aliphatic heterocycles. The number of methoxy groups -OCH3 is 2. The third kappa shape index (κ3) is 6.14. The van der Waals surface area contributed by atoms with Gasteiger partial charge in [-0.25, -0.2) is 0 Å². The second-order valence-electron chi connectivity index (χ2n) is 5.31. The topological polar surface area (TPSA) is 30.5 Å². The van der Waals surface area contributed by atoms with Crippen molar-refractivity contribution in [2.45, 2.75) is 19.1 Å². The van der Waals surface area contributed by atoms with Gasteiger partial charge >= 0.3 is 6.18 Å². The number of hydrogen-bond acceptors (Lipinski definition) is 3. The van der Waals surface area contributed by atoms with E-state index in [2.05, 4.69) is 5.32 Å². The van der Waals surface area contributed by atoms with Crippen molar-refractivity contribution in [1.82, 2.24) is 5.32 Å². The Labute approximate surface area is 151 Å². The van der Waals surface area contributed by atoms with Crippen molar-refractivity contribution < 1.29 is 22.6 Å². The molecule has 0 bridgehead atoms. The summed E-state index contributed by atoms with van der Waals surface area (Å²) in [4.78, 5) is 0. The minimum absolute atomic E-state index is 0. The second-order valence-corrected chi connectivity index (χ2v) is 5.31. The summed E-state index contributed by atoms with van der Waals surface area (Å²) < 4.78 is 48.4. The van der Waals surface area contributed by atoms with Crippen LogP contribution in [0, 0.1) is 0 Å². The molecule has 0 heterocycles. The number of halogens is 4. The average molecular weight is 376 g/mol. The predicted octanol–water partition coefficient (Wildman–Crippen LogP) is 4.48. The van der Waals surface area contributed by atoms with E-state index in [0.29, 0.717) is 36.6 Å². The summed E-state index contributed by atoms with van der Waals surface area (Å²) in [6.07, 6.45) is -3.78. The zero-order chi connectivity index (χ0) is 17.6. The van der Waals surface area contributed by atoms with Gasteiger partial charge in [-0.15, -0.1) is 12.4 Å². The Morgan fingerprint density at radius 1 is 0.920 bits per heavy atom. The number of ether oxygens (including phenoxy) is 2. The van der Waals surface area contributed by atoms with E-state index in [4.69, 9.17) is 9.47 Å². The highest BCUT2D eigenvalue weighted by Crippen LogP contribution is 2.29. The van der Waals surface area contributed by atoms with E-state index in [0.717, 1.165) is 11.6 Å². The average Bonchev–Trinajstić information content (AvgIpc) is 2.58. The Bertz CT molecular complexity index is 678. The quantitative estimate of drug-likeness (QED) is 0.724. The van der Waals surface area contributed by atoms with Crippen molar-refractivity contribution >= 4 is 12.4 Å². The van der Waals surface area contributed by atoms with Crippen molar-refractivity contribution in [3.05, 3.63) is 59.2 Å². The third-order valence-corrected chi connectivity index (χ3v) is 3.62. The number of rotatable bonds is 7. The van der Waals surface area contributed by atoms with Crippen LogP contribution in [-0.4, -0.2) is 20.8 Å². The largest absolute Gasteiger partial charge is 0.493 e. The summed E-state index contributed by atoms with van der Waals surface area (Å²) in [6, 6.07) is 11.0. The van der Waals surface area contributed by atoms with E-state index in [1.54, 1.807) is 20.3 Å². The van der Waals surface area contributed by atoms with Gasteiger partial charge in [0.05, 0.1) is 19.8 Å². The van der Waals surface area contributed by atoms with Crippen LogP contribution in [0.25, 0.3) is 0 Å². The molecule has 0 unspecified atom stereocenters. The van der Waals surface area contributed by atoms with E-state index < -0.39 is 11.7 Å². The zero-order valence-electron chi connectivity index (χ0n) is 14.0. The number of benzene rings is 2. The molecule has 0 radical (unpaired) electrons. The summed E-state index contributed by atoms with van der Waals surface area (Å²) >= 11 is 0. The fourth-order valence-corrected chi connectivity index (χ4v) is 2.36. The lowest BCUT2D eigenvalue weighted by molar-refractivity contribution is -0.137. The molecule has 138 valence electrons. The van der Waals surface area contributed by atoms with Gasteiger partial charge in [-0.1, -0.05) is 24.3 Å². The van der Waals surface area contributed by atoms with Crippen LogP contribution in [0.5, 0.6) is 11.5 Å². The molecule has 25 heavy (non-hydrogen) atoms. The molecule has 0 fully saturated rings. The van der Waals surface area contributed by atoms with Gasteiger partial charge in [-0.05, 0) is 42.3 Å². The van der Waals surface area contributed by atoms with Gasteiger partial charge in [-0.3, -0.25) is 0 Å². The van der Waals surface area contributed by atoms with Gasteiger partial charge in [0.1, 0.15) is 0 Å². The molecule has 2 aromatic carbocycles. The van der Waals surface area contributed by atoms with Gasteiger partial charge in [0.2, 0.25) is 0 Å². The van der Waals surface area contributed by atoms with Crippen molar-refractivity contribution in [3.63, 3.8) is 0 Å². The molecule has 0 atom stereocenters. The third-order valence-electron chi connectivity index (χ3n) is 3.62. The SMILES string of the molecule is COc1ccc(CNCCc2cccc(C(F)(F)F)c2)cc1OC.Cl. The van der Waals surface area contributed by atoms with Crippen LogP contribution in [0.1, 0.15) is 16.7 Å². The first-order valence-electron chi connectivity index (χ1n) is 7.52. The lowest BCUT2D eigenvalue weighted by Gasteiger charge is -2.11. The van der Waals surface area contributed by atoms with Gasteiger partial charge in [0.25, 0.3) is 0 Å². The highest BCUT2D eigenvalue weighted by molar-refractivity contribution is 5.85. The predicted molar refractivity (Wildman–Crippen MR) is 93.6 cm³/mol. The summed E-state index contributed by atoms with van der Waals surface area (Å²) in [6.45, 7) is 1.18. The summed E-state index contributed by atoms with van der Waals surface area (Å²) in [5.41, 5.74) is 1.06. The molecular formula is C18H21ClF3NO2. The first-order chi connectivity index (χ1) is 11.4. The Morgan fingerprint density at radius 2 is 1.64 bits per heavy atom. The molecule has 1 N–H and O–H groups in total. The highest BCUT2D eigenvalue weighted by Gasteiger charge is 2.30. The molecule has 0 aromatic heterocycles. The fourth-order valence-electron chi connectivity index (χ4n) is 2.36. The van der Waals surface area contributed by atoms with Crippen molar-refractivity contribution in [1.29, 1.82) is 0 Å². The smallest absolute Gasteiger partial charge is 0.416 e. The lowest BCUT2D eigenvalue weighted by Crippen LogP contribution is -2.17. The Hall–Kier alpha value is -1.92. The molecule has 0 aliphatic carbocycles. The first-order valence-corrected chi connectivity index (χ1v) is 7.52. The maximum Gasteiger partial charge on any atom is 0.416 e. The molecule has 2 aromatic rings. The van der Waals surface area contributed by atoms with Crippen LogP contribution in [0.4, 0.5) is 13.2 Å². The van der Waals surface area contributed by atoms with E-state index in [9.17, 15) is 13.2 Å². The molecule has 0 aliphatic rings. The minimum Gasteiger partial charge on any atom is -0.493 e. The minimum atomic E-state index is -4.30. The van der Waals surface area contributed by atoms with Crippen LogP contribution >= 0.6 is 12.4 Å². The van der Waals surface area contributed by atoms with Crippen LogP contribution < -0.4 is 14.8 Å². The van der Waals surface area contributed by atoms with Crippen molar-refractivity contribution in [3.8, 4) is 11.5 Å². The van der Waals surface area contributed by atoms with Crippen LogP contribution in [0.3, 0.4) is 0 Å². The van der Waals surface area contributed by atoms with Crippen molar-refractivity contribution in [2.24, 2.45) is 0 Å². The molecule has 0 saturated carbocycles. The van der Waals surface area contributed by atoms with Crippen LogP contribution in [-0.2, 0) is 19.1 Å². The number of hydrogen-bond donors (Lipinski definition) is 1. The fraction of sp³-hybridized carbons (Fsp3) is 0.333. The number of nitrogens with one attached hydrogen (secondary N) is 1. The monoisotopic (exact) mass is 375 g/mol. The molecule has 0 spiro atoms. The molecule has 7 heteroatoms. The van der Waals surface area contributed by atoms with E-state index in [1.807, 2.05) is 18.2 Å². The summed E-state index contributed by atoms with van der Waals surface area (Å²) in [5.74, 6) is 1.31. The van der Waals surface area contributed by atoms with E-state index in [1.165, 1.54) is 12.1 Å². The van der Waals surface area contributed by atoms with E-state index in [-0.39, 0.29) is 12.4 Å². The Morgan fingerprint density at radius 3 is 2.28 bits per heavy atom. The maximum atomic E-state index is 12.7. The van der Waals surface area contributed by atoms with Crippen molar-refractivity contribution in [2.75, 3.05) is 20.8 Å². The molecule has 0 amide bonds. The first kappa shape index (κ1) is 21.1. The van der Waals surface area contributed by atoms with Gasteiger partial charge in [0.15, 0.2) is 11.5 Å². The lowest BCUT2D eigenvalue weighted by atomic mass is 10.1. The summed E-state index contributed by atoms with van der Waals surface area (Å²) in [7, 11) is 3.15. The second kappa shape index (κ2) is 9.53. The van der Waals surface area contributed by atoms with Gasteiger partial charge < -0.3 is 14.8 Å². The summed E-state index contributed by atoms with van der Waals surface area (Å²) in [5, 5.41) is 3.22. The molecule has 3 nitrogen and oxygen atoms in total. The Kier molecular flexibility index (Phi) is 8.06. The standard InChI is InChI=1S/C18H20F3NO2.ClH/c1-23-16-7-6-14(11-17(16)24-2)12-22-9-8-13-4-3-5-15(10-13)18(19,20)21;/h3-7,10-11,22H,8-9,12H2,1-2H3;1H. The molecule has 0 saturated heterocycles. The molecular weight excluding hydrogens is 355 g/mol. The zero-order valence-corrected chi connectivity index (χ0v) is 14.8. The van der Waals surface area contributed by atoms with Crippen LogP contribution in [0.15, 0.2) is 42.5 Å². The van der Waals surface area contributed by atoms with Gasteiger partial charge in [-0.2, -0.15) is 13.2 Å². The Balaban J connectivity index is 0.00000312.